The second kappa shape index (κ2) is 7.82. The van der Waals surface area contributed by atoms with Crippen molar-refractivity contribution in [3.05, 3.63) is 27.7 Å². The molecule has 0 bridgehead atoms. The maximum atomic E-state index is 12.8. The smallest absolute Gasteiger partial charge is 0.327 e. The minimum atomic E-state index is -0.467. The number of carbonyl (C=O) groups is 3. The topological polar surface area (TPSA) is 117 Å². The van der Waals surface area contributed by atoms with Crippen molar-refractivity contribution in [2.75, 3.05) is 20.6 Å². The lowest BCUT2D eigenvalue weighted by molar-refractivity contribution is -0.143. The van der Waals surface area contributed by atoms with Crippen LogP contribution in [0.3, 0.4) is 0 Å². The Morgan fingerprint density at radius 3 is 2.80 bits per heavy atom. The van der Waals surface area contributed by atoms with Crippen molar-refractivity contribution in [1.82, 2.24) is 30.2 Å². The van der Waals surface area contributed by atoms with E-state index in [1.54, 1.807) is 13.1 Å². The molecule has 0 radical (unpaired) electrons. The summed E-state index contributed by atoms with van der Waals surface area (Å²) >= 11 is 0. The number of piperidine rings is 1. The molecule has 1 aromatic heterocycles. The number of hydrogen-bond donors (Lipinski definition) is 2. The van der Waals surface area contributed by atoms with Crippen LogP contribution in [0.25, 0.3) is 0 Å². The summed E-state index contributed by atoms with van der Waals surface area (Å²) in [5, 5.41) is 10.6. The number of aromatic nitrogens is 2. The van der Waals surface area contributed by atoms with Crippen molar-refractivity contribution in [3.8, 4) is 0 Å². The molecule has 0 spiro atoms. The van der Waals surface area contributed by atoms with Gasteiger partial charge in [0.2, 0.25) is 11.8 Å². The van der Waals surface area contributed by atoms with E-state index < -0.39 is 18.0 Å². The molecule has 162 valence electrons. The van der Waals surface area contributed by atoms with E-state index in [1.165, 1.54) is 16.6 Å². The van der Waals surface area contributed by atoms with Gasteiger partial charge in [0.25, 0.3) is 5.56 Å². The molecular weight excluding hydrogens is 388 g/mol. The molecule has 1 aromatic rings. The molecule has 3 aliphatic rings. The molecule has 10 nitrogen and oxygen atoms in total. The zero-order valence-electron chi connectivity index (χ0n) is 17.6. The van der Waals surface area contributed by atoms with Crippen molar-refractivity contribution in [2.45, 2.75) is 51.4 Å². The number of urea groups is 1. The molecular formula is C20H28N6O4. The Morgan fingerprint density at radius 2 is 2.03 bits per heavy atom. The lowest BCUT2D eigenvalue weighted by atomic mass is 9.80. The molecule has 4 unspecified atom stereocenters. The Hall–Kier alpha value is -2.75. The Balaban J connectivity index is 1.38. The molecule has 0 aromatic carbocycles. The monoisotopic (exact) mass is 416 g/mol. The number of imide groups is 1. The van der Waals surface area contributed by atoms with Gasteiger partial charge in [0.15, 0.2) is 0 Å². The molecule has 3 heterocycles. The van der Waals surface area contributed by atoms with Gasteiger partial charge < -0.3 is 10.2 Å². The van der Waals surface area contributed by atoms with Crippen LogP contribution in [0.15, 0.2) is 10.9 Å². The zero-order chi connectivity index (χ0) is 21.6. The fourth-order valence-electron chi connectivity index (χ4n) is 4.77. The second-order valence-corrected chi connectivity index (χ2v) is 8.46. The van der Waals surface area contributed by atoms with Crippen LogP contribution in [-0.2, 0) is 29.0 Å². The van der Waals surface area contributed by atoms with E-state index in [4.69, 9.17) is 0 Å². The first kappa shape index (κ1) is 20.5. The Kier molecular flexibility index (Phi) is 5.35. The van der Waals surface area contributed by atoms with Gasteiger partial charge in [-0.2, -0.15) is 5.10 Å². The maximum absolute atomic E-state index is 12.8. The highest BCUT2D eigenvalue weighted by Gasteiger charge is 2.49. The first-order valence-corrected chi connectivity index (χ1v) is 10.5. The lowest BCUT2D eigenvalue weighted by Gasteiger charge is -2.48. The predicted molar refractivity (Wildman–Crippen MR) is 107 cm³/mol. The van der Waals surface area contributed by atoms with E-state index in [1.807, 2.05) is 6.92 Å². The molecule has 2 N–H and O–H groups in total. The third kappa shape index (κ3) is 3.49. The van der Waals surface area contributed by atoms with Crippen molar-refractivity contribution in [2.24, 2.45) is 11.8 Å². The molecule has 10 heteroatoms. The molecule has 2 aliphatic heterocycles. The summed E-state index contributed by atoms with van der Waals surface area (Å²) < 4.78 is 1.41. The van der Waals surface area contributed by atoms with Crippen LogP contribution in [0.5, 0.6) is 0 Å². The van der Waals surface area contributed by atoms with Gasteiger partial charge in [0.1, 0.15) is 0 Å². The summed E-state index contributed by atoms with van der Waals surface area (Å²) in [5.74, 6) is -1.31. The van der Waals surface area contributed by atoms with Gasteiger partial charge in [-0.25, -0.2) is 9.48 Å². The number of nitrogens with zero attached hydrogens (tertiary/aromatic N) is 4. The highest BCUT2D eigenvalue weighted by Crippen LogP contribution is 2.31. The van der Waals surface area contributed by atoms with Crippen molar-refractivity contribution < 1.29 is 14.4 Å². The van der Waals surface area contributed by atoms with Crippen LogP contribution < -0.4 is 16.2 Å². The predicted octanol–water partition coefficient (Wildman–Crippen LogP) is -0.688. The van der Waals surface area contributed by atoms with Crippen molar-refractivity contribution in [1.29, 1.82) is 0 Å². The molecule has 2 fully saturated rings. The molecule has 4 amide bonds. The Bertz CT molecular complexity index is 944. The van der Waals surface area contributed by atoms with Gasteiger partial charge >= 0.3 is 6.03 Å². The summed E-state index contributed by atoms with van der Waals surface area (Å²) in [4.78, 5) is 52.4. The zero-order valence-corrected chi connectivity index (χ0v) is 17.6. The molecule has 4 rings (SSSR count). The number of nitrogens with one attached hydrogen (secondary N) is 2. The summed E-state index contributed by atoms with van der Waals surface area (Å²) in [6.07, 6.45) is 2.76. The van der Waals surface area contributed by atoms with E-state index in [-0.39, 0.29) is 36.0 Å². The molecule has 0 saturated carbocycles. The number of rotatable bonds is 4. The first-order chi connectivity index (χ1) is 14.3. The van der Waals surface area contributed by atoms with Gasteiger partial charge in [-0.05, 0) is 38.2 Å². The van der Waals surface area contributed by atoms with Crippen LogP contribution in [-0.4, -0.2) is 70.3 Å². The van der Waals surface area contributed by atoms with E-state index in [0.717, 1.165) is 35.4 Å². The summed E-state index contributed by atoms with van der Waals surface area (Å²) in [6, 6.07) is 1.10. The largest absolute Gasteiger partial charge is 0.354 e. The Morgan fingerprint density at radius 1 is 1.27 bits per heavy atom. The number of fused-ring (bicyclic) bond motifs is 2. The van der Waals surface area contributed by atoms with E-state index in [2.05, 4.69) is 15.7 Å². The van der Waals surface area contributed by atoms with Crippen LogP contribution in [0.1, 0.15) is 31.0 Å². The highest BCUT2D eigenvalue weighted by molar-refractivity contribution is 5.98. The number of carbonyl (C=O) groups excluding carboxylic acids is 3. The molecule has 2 saturated heterocycles. The third-order valence-electron chi connectivity index (χ3n) is 6.56. The maximum Gasteiger partial charge on any atom is 0.327 e. The SMILES string of the molecule is CC1NC2C(CC1C(=O)NCCn1nc3c(cc1=O)CCC3)C(=O)N(C)C(=O)N2C. The fourth-order valence-corrected chi connectivity index (χ4v) is 4.77. The Labute approximate surface area is 174 Å². The van der Waals surface area contributed by atoms with Gasteiger partial charge in [-0.1, -0.05) is 0 Å². The summed E-state index contributed by atoms with van der Waals surface area (Å²) in [5.41, 5.74) is 1.85. The summed E-state index contributed by atoms with van der Waals surface area (Å²) in [6.45, 7) is 2.47. The van der Waals surface area contributed by atoms with Gasteiger partial charge in [-0.3, -0.25) is 24.6 Å². The average Bonchev–Trinajstić information content (AvgIpc) is 3.17. The molecule has 1 aliphatic carbocycles. The van der Waals surface area contributed by atoms with E-state index >= 15 is 0 Å². The normalized spacial score (nSPS) is 28.4. The number of aryl methyl sites for hydroxylation is 2. The van der Waals surface area contributed by atoms with Crippen LogP contribution in [0.4, 0.5) is 4.79 Å². The van der Waals surface area contributed by atoms with E-state index in [0.29, 0.717) is 13.0 Å². The van der Waals surface area contributed by atoms with Crippen molar-refractivity contribution in [3.63, 3.8) is 0 Å². The first-order valence-electron chi connectivity index (χ1n) is 10.5. The van der Waals surface area contributed by atoms with Gasteiger partial charge in [0.05, 0.1) is 30.2 Å². The fraction of sp³-hybridized carbons (Fsp3) is 0.650. The quantitative estimate of drug-likeness (QED) is 0.671. The summed E-state index contributed by atoms with van der Waals surface area (Å²) in [7, 11) is 3.12. The van der Waals surface area contributed by atoms with Gasteiger partial charge in [-0.15, -0.1) is 0 Å². The lowest BCUT2D eigenvalue weighted by Crippen LogP contribution is -2.69. The minimum Gasteiger partial charge on any atom is -0.354 e. The molecule has 30 heavy (non-hydrogen) atoms. The van der Waals surface area contributed by atoms with Crippen LogP contribution >= 0.6 is 0 Å². The standard InChI is InChI=1S/C20H28N6O4/c1-11-13(10-14-17(22-11)24(2)20(30)25(3)19(14)29)18(28)21-7-8-26-16(27)9-12-5-4-6-15(12)23-26/h9,11,13-14,17,22H,4-8,10H2,1-3H3,(H,21,28). The number of hydrogen-bond acceptors (Lipinski definition) is 6. The second-order valence-electron chi connectivity index (χ2n) is 8.46. The minimum absolute atomic E-state index is 0.149. The molecule has 4 atom stereocenters. The third-order valence-corrected chi connectivity index (χ3v) is 6.56. The van der Waals surface area contributed by atoms with Crippen LogP contribution in [0, 0.1) is 11.8 Å². The van der Waals surface area contributed by atoms with Crippen LogP contribution in [0.2, 0.25) is 0 Å². The highest BCUT2D eigenvalue weighted by atomic mass is 16.2. The number of amides is 4. The van der Waals surface area contributed by atoms with Gasteiger partial charge in [0, 0.05) is 32.7 Å². The van der Waals surface area contributed by atoms with E-state index in [9.17, 15) is 19.2 Å². The van der Waals surface area contributed by atoms with Crippen molar-refractivity contribution >= 4 is 17.8 Å². The average molecular weight is 416 g/mol.